The van der Waals surface area contributed by atoms with Crippen LogP contribution in [0, 0.1) is 23.1 Å². The number of aromatic nitrogens is 2. The predicted molar refractivity (Wildman–Crippen MR) is 111 cm³/mol. The van der Waals surface area contributed by atoms with Gasteiger partial charge in [-0.15, -0.1) is 0 Å². The molecule has 8 nitrogen and oxygen atoms in total. The molecule has 0 spiro atoms. The molecular weight excluding hydrogens is 457 g/mol. The van der Waals surface area contributed by atoms with Gasteiger partial charge < -0.3 is 25.0 Å². The van der Waals surface area contributed by atoms with E-state index in [-0.39, 0.29) is 11.7 Å². The molecule has 10 heteroatoms. The number of carbonyl (C=O) groups excluding carboxylic acids is 1. The Morgan fingerprint density at radius 2 is 2.13 bits per heavy atom. The molecule has 0 radical (unpaired) electrons. The summed E-state index contributed by atoms with van der Waals surface area (Å²) >= 11 is 3.25. The highest BCUT2D eigenvalue weighted by Crippen LogP contribution is 2.27. The van der Waals surface area contributed by atoms with E-state index in [0.29, 0.717) is 35.5 Å². The maximum Gasteiger partial charge on any atom is 0.252 e. The van der Waals surface area contributed by atoms with Crippen molar-refractivity contribution in [2.75, 3.05) is 24.5 Å². The second-order valence-corrected chi connectivity index (χ2v) is 8.15. The van der Waals surface area contributed by atoms with Crippen molar-refractivity contribution in [3.05, 3.63) is 46.2 Å². The number of nitriles is 1. The van der Waals surface area contributed by atoms with E-state index in [0.717, 1.165) is 12.8 Å². The number of rotatable bonds is 6. The van der Waals surface area contributed by atoms with Crippen LogP contribution in [0.25, 0.3) is 0 Å². The van der Waals surface area contributed by atoms with Crippen LogP contribution in [0.3, 0.4) is 0 Å². The van der Waals surface area contributed by atoms with E-state index in [1.54, 1.807) is 17.7 Å². The summed E-state index contributed by atoms with van der Waals surface area (Å²) in [4.78, 5) is 18.3. The lowest BCUT2D eigenvalue weighted by Crippen LogP contribution is -2.43. The van der Waals surface area contributed by atoms with Crippen LogP contribution >= 0.6 is 15.9 Å². The molecule has 160 valence electrons. The van der Waals surface area contributed by atoms with E-state index in [1.807, 2.05) is 11.0 Å². The van der Waals surface area contributed by atoms with E-state index in [4.69, 9.17) is 0 Å². The van der Waals surface area contributed by atoms with Crippen molar-refractivity contribution in [2.45, 2.75) is 25.0 Å². The SMILES string of the molecule is Cn1c(Br)cnc1[C@H](O)[C@@H](O)C(=O)NCC1CCN(c2ccc(F)cc2C#N)CC1. The lowest BCUT2D eigenvalue weighted by molar-refractivity contribution is -0.136. The van der Waals surface area contributed by atoms with E-state index >= 15 is 0 Å². The number of nitrogens with zero attached hydrogens (tertiary/aromatic N) is 4. The maximum atomic E-state index is 13.3. The van der Waals surface area contributed by atoms with Crippen molar-refractivity contribution < 1.29 is 19.4 Å². The van der Waals surface area contributed by atoms with Gasteiger partial charge in [0.15, 0.2) is 6.10 Å². The van der Waals surface area contributed by atoms with Crippen molar-refractivity contribution >= 4 is 27.5 Å². The first kappa shape index (κ1) is 22.2. The van der Waals surface area contributed by atoms with E-state index in [1.165, 1.54) is 18.3 Å². The fraction of sp³-hybridized carbons (Fsp3) is 0.450. The van der Waals surface area contributed by atoms with Crippen molar-refractivity contribution in [3.8, 4) is 6.07 Å². The molecule has 1 aromatic heterocycles. The number of anilines is 1. The topological polar surface area (TPSA) is 114 Å². The van der Waals surface area contributed by atoms with Crippen LogP contribution in [0.4, 0.5) is 10.1 Å². The molecule has 0 aliphatic carbocycles. The van der Waals surface area contributed by atoms with Gasteiger partial charge in [0.1, 0.15) is 28.4 Å². The Hall–Kier alpha value is -2.48. The lowest BCUT2D eigenvalue weighted by Gasteiger charge is -2.34. The summed E-state index contributed by atoms with van der Waals surface area (Å²) in [6.45, 7) is 1.72. The molecule has 0 saturated carbocycles. The van der Waals surface area contributed by atoms with Gasteiger partial charge in [0.25, 0.3) is 5.91 Å². The molecule has 1 fully saturated rings. The van der Waals surface area contributed by atoms with Crippen LogP contribution < -0.4 is 10.2 Å². The third kappa shape index (κ3) is 4.80. The molecule has 0 unspecified atom stereocenters. The maximum absolute atomic E-state index is 13.3. The molecule has 1 amide bonds. The molecular formula is C20H23BrFN5O3. The summed E-state index contributed by atoms with van der Waals surface area (Å²) in [5, 5.41) is 32.3. The predicted octanol–water partition coefficient (Wildman–Crippen LogP) is 1.62. The Morgan fingerprint density at radius 3 is 2.73 bits per heavy atom. The number of aliphatic hydroxyl groups excluding tert-OH is 2. The minimum atomic E-state index is -1.63. The van der Waals surface area contributed by atoms with Crippen LogP contribution in [0.15, 0.2) is 29.0 Å². The Labute approximate surface area is 182 Å². The molecule has 1 aromatic carbocycles. The Kier molecular flexibility index (Phi) is 7.07. The highest BCUT2D eigenvalue weighted by atomic mass is 79.9. The van der Waals surface area contributed by atoms with Crippen molar-refractivity contribution in [2.24, 2.45) is 13.0 Å². The summed E-state index contributed by atoms with van der Waals surface area (Å²) in [6.07, 6.45) is -0.0435. The third-order valence-corrected chi connectivity index (χ3v) is 6.14. The highest BCUT2D eigenvalue weighted by Gasteiger charge is 2.30. The Bertz CT molecular complexity index is 952. The summed E-state index contributed by atoms with van der Waals surface area (Å²) in [7, 11) is 1.66. The average molecular weight is 480 g/mol. The third-order valence-electron chi connectivity index (χ3n) is 5.40. The van der Waals surface area contributed by atoms with Gasteiger partial charge in [-0.25, -0.2) is 9.37 Å². The highest BCUT2D eigenvalue weighted by molar-refractivity contribution is 9.10. The molecule has 2 aromatic rings. The van der Waals surface area contributed by atoms with Crippen LogP contribution in [-0.2, 0) is 11.8 Å². The summed E-state index contributed by atoms with van der Waals surface area (Å²) in [6, 6.07) is 6.22. The molecule has 0 bridgehead atoms. The first-order chi connectivity index (χ1) is 14.3. The van der Waals surface area contributed by atoms with E-state index in [9.17, 15) is 24.7 Å². The quantitative estimate of drug-likeness (QED) is 0.579. The molecule has 30 heavy (non-hydrogen) atoms. The van der Waals surface area contributed by atoms with Gasteiger partial charge in [-0.05, 0) is 52.9 Å². The van der Waals surface area contributed by atoms with Gasteiger partial charge in [-0.3, -0.25) is 4.79 Å². The summed E-state index contributed by atoms with van der Waals surface area (Å²) in [5.74, 6) is -0.714. The lowest BCUT2D eigenvalue weighted by atomic mass is 9.95. The van der Waals surface area contributed by atoms with Crippen molar-refractivity contribution in [3.63, 3.8) is 0 Å². The number of hydrogen-bond acceptors (Lipinski definition) is 6. The normalized spacial score (nSPS) is 16.7. The molecule has 3 N–H and O–H groups in total. The number of hydrogen-bond donors (Lipinski definition) is 3. The monoisotopic (exact) mass is 479 g/mol. The van der Waals surface area contributed by atoms with Gasteiger partial charge in [0.05, 0.1) is 17.4 Å². The fourth-order valence-corrected chi connectivity index (χ4v) is 3.85. The first-order valence-electron chi connectivity index (χ1n) is 9.57. The van der Waals surface area contributed by atoms with E-state index < -0.39 is 23.9 Å². The first-order valence-corrected chi connectivity index (χ1v) is 10.4. The van der Waals surface area contributed by atoms with Crippen LogP contribution in [-0.4, -0.2) is 51.4 Å². The molecule has 1 saturated heterocycles. The van der Waals surface area contributed by atoms with Crippen LogP contribution in [0.1, 0.15) is 30.3 Å². The van der Waals surface area contributed by atoms with Gasteiger partial charge in [-0.1, -0.05) is 0 Å². The molecule has 3 rings (SSSR count). The molecule has 1 aliphatic rings. The van der Waals surface area contributed by atoms with Crippen LogP contribution in [0.2, 0.25) is 0 Å². The number of piperidine rings is 1. The fourth-order valence-electron chi connectivity index (χ4n) is 3.56. The zero-order valence-corrected chi connectivity index (χ0v) is 18.0. The Balaban J connectivity index is 1.50. The number of carbonyl (C=O) groups is 1. The zero-order valence-electron chi connectivity index (χ0n) is 16.4. The minimum absolute atomic E-state index is 0.186. The number of amides is 1. The van der Waals surface area contributed by atoms with Gasteiger partial charge >= 0.3 is 0 Å². The van der Waals surface area contributed by atoms with Crippen LogP contribution in [0.5, 0.6) is 0 Å². The van der Waals surface area contributed by atoms with Gasteiger partial charge in [0.2, 0.25) is 0 Å². The minimum Gasteiger partial charge on any atom is -0.382 e. The zero-order chi connectivity index (χ0) is 21.8. The number of aliphatic hydroxyl groups is 2. The molecule has 1 aliphatic heterocycles. The van der Waals surface area contributed by atoms with Crippen molar-refractivity contribution in [1.82, 2.24) is 14.9 Å². The number of benzene rings is 1. The van der Waals surface area contributed by atoms with E-state index in [2.05, 4.69) is 26.2 Å². The standard InChI is InChI=1S/C20H23BrFN5O3/c1-26-16(21)11-24-19(26)17(28)18(29)20(30)25-10-12-4-6-27(7-5-12)15-3-2-14(22)8-13(15)9-23/h2-3,8,11-12,17-18,28-29H,4-7,10H2,1H3,(H,25,30)/t17-,18-/m1/s1. The number of imidazole rings is 1. The van der Waals surface area contributed by atoms with Gasteiger partial charge in [0, 0.05) is 26.7 Å². The smallest absolute Gasteiger partial charge is 0.252 e. The number of nitrogens with one attached hydrogen (secondary N) is 1. The molecule has 2 atom stereocenters. The van der Waals surface area contributed by atoms with Gasteiger partial charge in [-0.2, -0.15) is 5.26 Å². The second kappa shape index (κ2) is 9.55. The summed E-state index contributed by atoms with van der Waals surface area (Å²) in [5.41, 5.74) is 1.01. The Morgan fingerprint density at radius 1 is 1.43 bits per heavy atom. The molecule has 2 heterocycles. The second-order valence-electron chi connectivity index (χ2n) is 7.34. The summed E-state index contributed by atoms with van der Waals surface area (Å²) < 4.78 is 15.5. The van der Waals surface area contributed by atoms with Crippen molar-refractivity contribution in [1.29, 1.82) is 5.26 Å². The average Bonchev–Trinajstić information content (AvgIpc) is 3.09. The number of halogens is 2. The largest absolute Gasteiger partial charge is 0.382 e.